The number of nitrogens with zero attached hydrogens (tertiary/aromatic N) is 1. The highest BCUT2D eigenvalue weighted by atomic mass is 35.5. The molecule has 1 nitrogen and oxygen atoms in total. The Hall–Kier alpha value is -0.270. The van der Waals surface area contributed by atoms with E-state index in [0.717, 1.165) is 13.1 Å². The van der Waals surface area contributed by atoms with Crippen molar-refractivity contribution in [2.24, 2.45) is 0 Å². The van der Waals surface area contributed by atoms with E-state index in [0.29, 0.717) is 0 Å². The molecule has 2 heteroatoms. The number of hydrogen-bond acceptors (Lipinski definition) is 0. The molecule has 0 aliphatic carbocycles. The Balaban J connectivity index is 0.000001000. The number of rotatable bonds is 4. The molecule has 0 aromatic heterocycles. The Morgan fingerprint density at radius 3 is 1.73 bits per heavy atom. The Labute approximate surface area is 75.4 Å². The lowest BCUT2D eigenvalue weighted by atomic mass is 10.1. The largest absolute Gasteiger partial charge is 1.00 e. The van der Waals surface area contributed by atoms with Crippen molar-refractivity contribution < 1.29 is 16.9 Å². The van der Waals surface area contributed by atoms with E-state index in [9.17, 15) is 0 Å². The summed E-state index contributed by atoms with van der Waals surface area (Å²) in [5.41, 5.74) is 0. The van der Waals surface area contributed by atoms with Crippen molar-refractivity contribution in [3.05, 3.63) is 25.3 Å². The zero-order valence-electron chi connectivity index (χ0n) is 6.93. The van der Waals surface area contributed by atoms with Gasteiger partial charge in [-0.15, -0.1) is 0 Å². The monoisotopic (exact) mass is 173 g/mol. The maximum absolute atomic E-state index is 3.76. The van der Waals surface area contributed by atoms with Gasteiger partial charge in [-0.05, 0) is 12.2 Å². The van der Waals surface area contributed by atoms with Gasteiger partial charge in [0.05, 0.1) is 26.2 Å². The Kier molecular flexibility index (Phi) is 4.46. The SMILES string of the molecule is C=CC[N+]1(CC=C)CCC1.[Cl-]. The van der Waals surface area contributed by atoms with Gasteiger partial charge in [0.15, 0.2) is 0 Å². The highest BCUT2D eigenvalue weighted by molar-refractivity contribution is 4.74. The number of likely N-dealkylation sites (tertiary alicyclic amines) is 1. The van der Waals surface area contributed by atoms with Crippen LogP contribution < -0.4 is 12.4 Å². The van der Waals surface area contributed by atoms with Crippen LogP contribution in [0.4, 0.5) is 0 Å². The van der Waals surface area contributed by atoms with E-state index in [1.807, 2.05) is 12.2 Å². The number of quaternary nitrogens is 1. The molecule has 64 valence electrons. The molecule has 0 amide bonds. The minimum Gasteiger partial charge on any atom is -1.00 e. The third-order valence-corrected chi connectivity index (χ3v) is 2.30. The molecule has 1 rings (SSSR count). The fraction of sp³-hybridized carbons (Fsp3) is 0.556. The van der Waals surface area contributed by atoms with Gasteiger partial charge < -0.3 is 16.9 Å². The van der Waals surface area contributed by atoms with E-state index in [4.69, 9.17) is 0 Å². The molecule has 0 aromatic carbocycles. The minimum absolute atomic E-state index is 0. The zero-order chi connectivity index (χ0) is 7.45. The maximum Gasteiger partial charge on any atom is 0.0973 e. The van der Waals surface area contributed by atoms with Crippen LogP contribution >= 0.6 is 0 Å². The molecule has 0 spiro atoms. The fourth-order valence-corrected chi connectivity index (χ4v) is 1.59. The van der Waals surface area contributed by atoms with Crippen LogP contribution in [0, 0.1) is 0 Å². The molecular formula is C9H16ClN. The zero-order valence-corrected chi connectivity index (χ0v) is 7.69. The summed E-state index contributed by atoms with van der Waals surface area (Å²) in [4.78, 5) is 0. The third kappa shape index (κ3) is 2.35. The van der Waals surface area contributed by atoms with Crippen LogP contribution in [0.5, 0.6) is 0 Å². The van der Waals surface area contributed by atoms with Crippen LogP contribution in [0.15, 0.2) is 25.3 Å². The van der Waals surface area contributed by atoms with E-state index in [1.54, 1.807) is 0 Å². The van der Waals surface area contributed by atoms with Crippen molar-refractivity contribution in [1.29, 1.82) is 0 Å². The van der Waals surface area contributed by atoms with Gasteiger partial charge in [-0.25, -0.2) is 0 Å². The van der Waals surface area contributed by atoms with Crippen LogP contribution in [-0.4, -0.2) is 30.7 Å². The molecule has 0 radical (unpaired) electrons. The topological polar surface area (TPSA) is 0 Å². The predicted octanol–water partition coefficient (Wildman–Crippen LogP) is -1.42. The quantitative estimate of drug-likeness (QED) is 0.362. The van der Waals surface area contributed by atoms with E-state index >= 15 is 0 Å². The summed E-state index contributed by atoms with van der Waals surface area (Å²) < 4.78 is 1.20. The summed E-state index contributed by atoms with van der Waals surface area (Å²) in [7, 11) is 0. The highest BCUT2D eigenvalue weighted by Crippen LogP contribution is 2.19. The molecule has 1 fully saturated rings. The lowest BCUT2D eigenvalue weighted by Crippen LogP contribution is -3.00. The van der Waals surface area contributed by atoms with Gasteiger partial charge >= 0.3 is 0 Å². The standard InChI is InChI=1S/C9H16N.ClH/c1-3-6-10(7-4-2)8-5-9-10;/h3-4H,1-2,5-9H2;1H/q+1;/p-1. The molecule has 0 unspecified atom stereocenters. The molecule has 0 atom stereocenters. The second-order valence-corrected chi connectivity index (χ2v) is 3.08. The second-order valence-electron chi connectivity index (χ2n) is 3.08. The average Bonchev–Trinajstić information content (AvgIpc) is 1.84. The summed E-state index contributed by atoms with van der Waals surface area (Å²) in [5, 5.41) is 0. The van der Waals surface area contributed by atoms with Gasteiger partial charge in [-0.1, -0.05) is 13.2 Å². The summed E-state index contributed by atoms with van der Waals surface area (Å²) in [6, 6.07) is 0. The van der Waals surface area contributed by atoms with Crippen LogP contribution in [0.25, 0.3) is 0 Å². The summed E-state index contributed by atoms with van der Waals surface area (Å²) in [6.07, 6.45) is 5.41. The van der Waals surface area contributed by atoms with Crippen molar-refractivity contribution in [3.8, 4) is 0 Å². The van der Waals surface area contributed by atoms with Crippen LogP contribution in [0.1, 0.15) is 6.42 Å². The molecule has 1 aliphatic rings. The molecule has 0 aromatic rings. The number of halogens is 1. The van der Waals surface area contributed by atoms with Gasteiger partial charge in [-0.2, -0.15) is 0 Å². The highest BCUT2D eigenvalue weighted by Gasteiger charge is 2.32. The Bertz CT molecular complexity index is 126. The molecule has 1 heterocycles. The molecule has 11 heavy (non-hydrogen) atoms. The lowest BCUT2D eigenvalue weighted by molar-refractivity contribution is -0.953. The maximum atomic E-state index is 3.76. The van der Waals surface area contributed by atoms with Crippen molar-refractivity contribution in [3.63, 3.8) is 0 Å². The van der Waals surface area contributed by atoms with Gasteiger partial charge in [0.25, 0.3) is 0 Å². The Morgan fingerprint density at radius 1 is 1.09 bits per heavy atom. The van der Waals surface area contributed by atoms with Gasteiger partial charge in [0, 0.05) is 6.42 Å². The van der Waals surface area contributed by atoms with Crippen molar-refractivity contribution in [2.45, 2.75) is 6.42 Å². The molecule has 1 aliphatic heterocycles. The van der Waals surface area contributed by atoms with E-state index in [1.165, 1.54) is 24.0 Å². The smallest absolute Gasteiger partial charge is 0.0973 e. The van der Waals surface area contributed by atoms with Gasteiger partial charge in [-0.3, -0.25) is 0 Å². The van der Waals surface area contributed by atoms with Gasteiger partial charge in [0.1, 0.15) is 0 Å². The molecule has 0 saturated carbocycles. The third-order valence-electron chi connectivity index (χ3n) is 2.30. The number of hydrogen-bond donors (Lipinski definition) is 0. The van der Waals surface area contributed by atoms with Crippen molar-refractivity contribution >= 4 is 0 Å². The van der Waals surface area contributed by atoms with Gasteiger partial charge in [0.2, 0.25) is 0 Å². The summed E-state index contributed by atoms with van der Waals surface area (Å²) in [6.45, 7) is 12.4. The molecule has 0 bridgehead atoms. The first-order chi connectivity index (χ1) is 4.83. The molecule has 1 saturated heterocycles. The minimum atomic E-state index is 0. The predicted molar refractivity (Wildman–Crippen MR) is 44.7 cm³/mol. The first-order valence-electron chi connectivity index (χ1n) is 3.90. The van der Waals surface area contributed by atoms with Crippen molar-refractivity contribution in [1.82, 2.24) is 0 Å². The summed E-state index contributed by atoms with van der Waals surface area (Å²) >= 11 is 0. The fourth-order valence-electron chi connectivity index (χ4n) is 1.59. The normalized spacial score (nSPS) is 19.3. The van der Waals surface area contributed by atoms with Crippen LogP contribution in [0.3, 0.4) is 0 Å². The lowest BCUT2D eigenvalue weighted by Gasteiger charge is -2.44. The second kappa shape index (κ2) is 4.58. The molecule has 0 N–H and O–H groups in total. The molecular weight excluding hydrogens is 158 g/mol. The first kappa shape index (κ1) is 10.7. The van der Waals surface area contributed by atoms with Crippen LogP contribution in [-0.2, 0) is 0 Å². The van der Waals surface area contributed by atoms with Crippen LogP contribution in [0.2, 0.25) is 0 Å². The van der Waals surface area contributed by atoms with E-state index in [-0.39, 0.29) is 12.4 Å². The average molecular weight is 174 g/mol. The van der Waals surface area contributed by atoms with Crippen molar-refractivity contribution in [2.75, 3.05) is 26.2 Å². The van der Waals surface area contributed by atoms with E-state index in [2.05, 4.69) is 13.2 Å². The Morgan fingerprint density at radius 2 is 1.55 bits per heavy atom. The first-order valence-corrected chi connectivity index (χ1v) is 3.90. The summed E-state index contributed by atoms with van der Waals surface area (Å²) in [5.74, 6) is 0. The van der Waals surface area contributed by atoms with E-state index < -0.39 is 0 Å².